The Balaban J connectivity index is 1.38. The number of thiazole rings is 1. The van der Waals surface area contributed by atoms with Crippen molar-refractivity contribution in [3.63, 3.8) is 0 Å². The van der Waals surface area contributed by atoms with E-state index in [9.17, 15) is 9.59 Å². The summed E-state index contributed by atoms with van der Waals surface area (Å²) in [6, 6.07) is 13.0. The summed E-state index contributed by atoms with van der Waals surface area (Å²) in [5.74, 6) is -0.430. The molecule has 0 N–H and O–H groups in total. The number of hydrogen-bond donors (Lipinski definition) is 0. The highest BCUT2D eigenvalue weighted by Crippen LogP contribution is 2.26. The Bertz CT molecular complexity index is 922. The van der Waals surface area contributed by atoms with Crippen LogP contribution in [0.15, 0.2) is 54.0 Å². The lowest BCUT2D eigenvalue weighted by atomic mass is 10.2. The third-order valence-corrected chi connectivity index (χ3v) is 6.33. The average Bonchev–Trinajstić information content (AvgIpc) is 3.47. The normalized spacial score (nSPS) is 16.4. The van der Waals surface area contributed by atoms with Crippen molar-refractivity contribution in [1.82, 2.24) is 9.88 Å². The number of nitrogens with zero attached hydrogens (tertiary/aromatic N) is 2. The number of rotatable bonds is 5. The number of likely N-dealkylation sites (tertiary alicyclic amines) is 1. The predicted molar refractivity (Wildman–Crippen MR) is 106 cm³/mol. The van der Waals surface area contributed by atoms with Gasteiger partial charge in [-0.15, -0.1) is 22.7 Å². The van der Waals surface area contributed by atoms with Crippen LogP contribution >= 0.6 is 22.7 Å². The molecule has 3 aromatic rings. The zero-order chi connectivity index (χ0) is 18.6. The number of carbonyl (C=O) groups excluding carboxylic acids is 2. The number of aromatic nitrogens is 1. The van der Waals surface area contributed by atoms with Crippen molar-refractivity contribution in [2.24, 2.45) is 0 Å². The van der Waals surface area contributed by atoms with E-state index in [1.54, 1.807) is 17.2 Å². The SMILES string of the molecule is O=C(OCc1cnc(-c2ccccc2)s1)C1CCCN1C(=O)c1cccs1. The van der Waals surface area contributed by atoms with Crippen LogP contribution in [0.5, 0.6) is 0 Å². The van der Waals surface area contributed by atoms with Crippen LogP contribution in [0.25, 0.3) is 10.6 Å². The molecule has 1 saturated heterocycles. The average molecular weight is 399 g/mol. The number of esters is 1. The first-order valence-electron chi connectivity index (χ1n) is 8.73. The number of thiophene rings is 1. The number of benzene rings is 1. The first-order valence-corrected chi connectivity index (χ1v) is 10.4. The highest BCUT2D eigenvalue weighted by atomic mass is 32.1. The third kappa shape index (κ3) is 3.94. The van der Waals surface area contributed by atoms with E-state index >= 15 is 0 Å². The number of carbonyl (C=O) groups is 2. The Hall–Kier alpha value is -2.51. The maximum absolute atomic E-state index is 12.6. The van der Waals surface area contributed by atoms with E-state index in [0.717, 1.165) is 21.9 Å². The number of ether oxygens (including phenoxy) is 1. The Morgan fingerprint density at radius 3 is 2.81 bits per heavy atom. The predicted octanol–water partition coefficient (Wildman–Crippen LogP) is 4.22. The molecule has 1 atom stereocenters. The third-order valence-electron chi connectivity index (χ3n) is 4.45. The summed E-state index contributed by atoms with van der Waals surface area (Å²) < 4.78 is 5.50. The molecule has 1 aromatic carbocycles. The molecule has 1 aliphatic heterocycles. The summed E-state index contributed by atoms with van der Waals surface area (Å²) in [5.41, 5.74) is 1.04. The molecule has 0 aliphatic carbocycles. The van der Waals surface area contributed by atoms with Gasteiger partial charge in [0.25, 0.3) is 5.91 Å². The maximum Gasteiger partial charge on any atom is 0.329 e. The number of hydrogen-bond acceptors (Lipinski definition) is 6. The highest BCUT2D eigenvalue weighted by Gasteiger charge is 2.36. The van der Waals surface area contributed by atoms with Crippen LogP contribution < -0.4 is 0 Å². The van der Waals surface area contributed by atoms with Crippen molar-refractivity contribution in [1.29, 1.82) is 0 Å². The van der Waals surface area contributed by atoms with Crippen molar-refractivity contribution < 1.29 is 14.3 Å². The van der Waals surface area contributed by atoms with Gasteiger partial charge in [0.1, 0.15) is 17.7 Å². The van der Waals surface area contributed by atoms with E-state index in [-0.39, 0.29) is 18.5 Å². The Morgan fingerprint density at radius 1 is 1.19 bits per heavy atom. The molecule has 0 spiro atoms. The topological polar surface area (TPSA) is 59.5 Å². The van der Waals surface area contributed by atoms with Crippen molar-refractivity contribution in [3.8, 4) is 10.6 Å². The summed E-state index contributed by atoms with van der Waals surface area (Å²) >= 11 is 2.90. The summed E-state index contributed by atoms with van der Waals surface area (Å²) in [5, 5.41) is 2.77. The van der Waals surface area contributed by atoms with Crippen molar-refractivity contribution in [2.45, 2.75) is 25.5 Å². The van der Waals surface area contributed by atoms with Crippen molar-refractivity contribution in [3.05, 3.63) is 63.8 Å². The minimum absolute atomic E-state index is 0.0893. The minimum atomic E-state index is -0.499. The van der Waals surface area contributed by atoms with Gasteiger partial charge in [0.05, 0.1) is 9.75 Å². The van der Waals surface area contributed by atoms with Crippen LogP contribution in [0.3, 0.4) is 0 Å². The maximum atomic E-state index is 12.6. The summed E-state index contributed by atoms with van der Waals surface area (Å²) in [7, 11) is 0. The molecule has 1 aliphatic rings. The van der Waals surface area contributed by atoms with Crippen molar-refractivity contribution >= 4 is 34.6 Å². The lowest BCUT2D eigenvalue weighted by Gasteiger charge is -2.22. The molecule has 0 bridgehead atoms. The molecule has 0 saturated carbocycles. The van der Waals surface area contributed by atoms with Gasteiger partial charge < -0.3 is 9.64 Å². The molecular weight excluding hydrogens is 380 g/mol. The van der Waals surface area contributed by atoms with Gasteiger partial charge in [-0.05, 0) is 24.3 Å². The lowest BCUT2D eigenvalue weighted by molar-refractivity contribution is -0.149. The molecule has 1 amide bonds. The van der Waals surface area contributed by atoms with Gasteiger partial charge in [-0.2, -0.15) is 0 Å². The Labute approximate surface area is 165 Å². The van der Waals surface area contributed by atoms with Gasteiger partial charge in [-0.1, -0.05) is 36.4 Å². The van der Waals surface area contributed by atoms with Gasteiger partial charge >= 0.3 is 5.97 Å². The van der Waals surface area contributed by atoms with Gasteiger partial charge in [0.15, 0.2) is 0 Å². The lowest BCUT2D eigenvalue weighted by Crippen LogP contribution is -2.41. The first kappa shape index (κ1) is 17.9. The Morgan fingerprint density at radius 2 is 2.04 bits per heavy atom. The van der Waals surface area contributed by atoms with E-state index in [1.807, 2.05) is 41.8 Å². The summed E-state index contributed by atoms with van der Waals surface area (Å²) in [6.07, 6.45) is 3.20. The van der Waals surface area contributed by atoms with Gasteiger partial charge in [-0.25, -0.2) is 9.78 Å². The van der Waals surface area contributed by atoms with Crippen LogP contribution in [0.2, 0.25) is 0 Å². The molecule has 1 unspecified atom stereocenters. The van der Waals surface area contributed by atoms with E-state index in [0.29, 0.717) is 17.8 Å². The molecular formula is C20H18N2O3S2. The van der Waals surface area contributed by atoms with Gasteiger partial charge in [0.2, 0.25) is 0 Å². The van der Waals surface area contributed by atoms with Crippen LogP contribution in [0.4, 0.5) is 0 Å². The van der Waals surface area contributed by atoms with Crippen LogP contribution in [-0.4, -0.2) is 34.3 Å². The summed E-state index contributed by atoms with van der Waals surface area (Å²) in [4.78, 5) is 32.7. The smallest absolute Gasteiger partial charge is 0.329 e. The minimum Gasteiger partial charge on any atom is -0.458 e. The monoisotopic (exact) mass is 398 g/mol. The second-order valence-electron chi connectivity index (χ2n) is 6.24. The van der Waals surface area contributed by atoms with Gasteiger partial charge in [-0.3, -0.25) is 4.79 Å². The van der Waals surface area contributed by atoms with Crippen molar-refractivity contribution in [2.75, 3.05) is 6.54 Å². The van der Waals surface area contributed by atoms with Gasteiger partial charge in [0, 0.05) is 18.3 Å². The van der Waals surface area contributed by atoms with E-state index in [2.05, 4.69) is 4.98 Å². The molecule has 5 nitrogen and oxygen atoms in total. The fourth-order valence-electron chi connectivity index (χ4n) is 3.12. The molecule has 7 heteroatoms. The number of amides is 1. The van der Waals surface area contributed by atoms with E-state index < -0.39 is 6.04 Å². The van der Waals surface area contributed by atoms with Crippen LogP contribution in [0.1, 0.15) is 27.4 Å². The quantitative estimate of drug-likeness (QED) is 0.604. The molecule has 0 radical (unpaired) electrons. The fourth-order valence-corrected chi connectivity index (χ4v) is 4.63. The molecule has 4 rings (SSSR count). The zero-order valence-corrected chi connectivity index (χ0v) is 16.2. The molecule has 3 heterocycles. The largest absolute Gasteiger partial charge is 0.458 e. The van der Waals surface area contributed by atoms with Crippen LogP contribution in [0, 0.1) is 0 Å². The molecule has 2 aromatic heterocycles. The van der Waals surface area contributed by atoms with E-state index in [1.165, 1.54) is 22.7 Å². The second kappa shape index (κ2) is 8.02. The molecule has 1 fully saturated rings. The zero-order valence-electron chi connectivity index (χ0n) is 14.5. The standard InChI is InChI=1S/C20H18N2O3S2/c23-19(17-9-5-11-26-17)22-10-4-8-16(22)20(24)25-13-15-12-21-18(27-15)14-6-2-1-3-7-14/h1-3,5-7,9,11-12,16H,4,8,10,13H2. The van der Waals surface area contributed by atoms with Crippen LogP contribution in [-0.2, 0) is 16.1 Å². The first-order chi connectivity index (χ1) is 13.2. The summed E-state index contributed by atoms with van der Waals surface area (Å²) in [6.45, 7) is 0.774. The molecule has 27 heavy (non-hydrogen) atoms. The second-order valence-corrected chi connectivity index (χ2v) is 8.30. The fraction of sp³-hybridized carbons (Fsp3) is 0.250. The van der Waals surface area contributed by atoms with E-state index in [4.69, 9.17) is 4.74 Å². The Kier molecular flexibility index (Phi) is 5.31. The molecule has 138 valence electrons. The highest BCUT2D eigenvalue weighted by molar-refractivity contribution is 7.15.